The van der Waals surface area contributed by atoms with Gasteiger partial charge in [0.1, 0.15) is 19.8 Å². The van der Waals surface area contributed by atoms with Gasteiger partial charge in [-0.3, -0.25) is 18.6 Å². The molecule has 0 aliphatic carbocycles. The molecule has 0 heterocycles. The minimum absolute atomic E-state index is 0.0346. The fraction of sp³-hybridized carbons (Fsp3) is 0.940. The predicted octanol–water partition coefficient (Wildman–Crippen LogP) is 21.6. The van der Waals surface area contributed by atoms with E-state index < -0.39 is 26.5 Å². The second-order valence-corrected chi connectivity index (χ2v) is 26.0. The maximum atomic E-state index is 12.8. The van der Waals surface area contributed by atoms with Crippen molar-refractivity contribution in [1.82, 2.24) is 0 Å². The highest BCUT2D eigenvalue weighted by atomic mass is 31.2. The van der Waals surface area contributed by atoms with Crippen LogP contribution in [0, 0.1) is 0 Å². The highest BCUT2D eigenvalue weighted by Gasteiger charge is 2.27. The average Bonchev–Trinajstić information content (AvgIpc) is 3.39. The van der Waals surface area contributed by atoms with Gasteiger partial charge in [-0.15, -0.1) is 0 Å². The number of carbonyl (C=O) groups excluding carboxylic acids is 2. The molecule has 0 bridgehead atoms. The van der Waals surface area contributed by atoms with E-state index in [2.05, 4.69) is 26.0 Å². The van der Waals surface area contributed by atoms with Crippen LogP contribution in [0.5, 0.6) is 0 Å². The van der Waals surface area contributed by atoms with Crippen molar-refractivity contribution in [2.45, 2.75) is 360 Å². The molecule has 0 aromatic carbocycles. The third kappa shape index (κ3) is 63.8. The van der Waals surface area contributed by atoms with Crippen LogP contribution in [0.2, 0.25) is 0 Å². The van der Waals surface area contributed by atoms with E-state index in [0.717, 1.165) is 44.9 Å². The van der Waals surface area contributed by atoms with E-state index in [1.54, 1.807) is 0 Å². The van der Waals surface area contributed by atoms with E-state index in [9.17, 15) is 19.0 Å². The number of quaternary nitrogens is 1. The summed E-state index contributed by atoms with van der Waals surface area (Å²) < 4.78 is 34.6. The molecule has 1 N–H and O–H groups in total. The summed E-state index contributed by atoms with van der Waals surface area (Å²) in [5, 5.41) is 0. The molecule has 0 spiro atoms. The number of carbonyl (C=O) groups is 2. The fourth-order valence-electron chi connectivity index (χ4n) is 10.3. The van der Waals surface area contributed by atoms with Gasteiger partial charge in [0.05, 0.1) is 27.7 Å². The van der Waals surface area contributed by atoms with Gasteiger partial charge in [-0.1, -0.05) is 315 Å². The van der Waals surface area contributed by atoms with Gasteiger partial charge in [0.25, 0.3) is 0 Å². The highest BCUT2D eigenvalue weighted by Crippen LogP contribution is 2.43. The summed E-state index contributed by atoms with van der Waals surface area (Å²) in [6.45, 7) is 4.49. The van der Waals surface area contributed by atoms with Crippen LogP contribution in [0.25, 0.3) is 0 Å². The third-order valence-corrected chi connectivity index (χ3v) is 16.5. The first-order valence-electron chi connectivity index (χ1n) is 33.9. The average molecular weight is 1110 g/mol. The third-order valence-electron chi connectivity index (χ3n) is 15.5. The van der Waals surface area contributed by atoms with Gasteiger partial charge in [-0.05, 0) is 38.5 Å². The zero-order valence-electron chi connectivity index (χ0n) is 52.2. The molecule has 0 aliphatic heterocycles. The monoisotopic (exact) mass is 1110 g/mol. The van der Waals surface area contributed by atoms with Crippen LogP contribution >= 0.6 is 7.82 Å². The molecule has 0 saturated carbocycles. The van der Waals surface area contributed by atoms with Gasteiger partial charge in [-0.25, -0.2) is 4.57 Å². The van der Waals surface area contributed by atoms with Gasteiger partial charge in [0.2, 0.25) is 0 Å². The largest absolute Gasteiger partial charge is 0.472 e. The van der Waals surface area contributed by atoms with Crippen molar-refractivity contribution in [3.63, 3.8) is 0 Å². The number of rotatable bonds is 64. The first-order chi connectivity index (χ1) is 37.5. The van der Waals surface area contributed by atoms with Crippen LogP contribution in [-0.4, -0.2) is 74.9 Å². The van der Waals surface area contributed by atoms with E-state index in [4.69, 9.17) is 18.5 Å². The van der Waals surface area contributed by atoms with Crippen LogP contribution in [-0.2, 0) is 32.7 Å². The molecule has 0 saturated heterocycles. The number of phosphoric acid groups is 1. The van der Waals surface area contributed by atoms with Crippen molar-refractivity contribution in [2.24, 2.45) is 0 Å². The van der Waals surface area contributed by atoms with Crippen molar-refractivity contribution in [3.8, 4) is 0 Å². The van der Waals surface area contributed by atoms with Crippen LogP contribution in [0.3, 0.4) is 0 Å². The second-order valence-electron chi connectivity index (χ2n) is 24.6. The van der Waals surface area contributed by atoms with Crippen LogP contribution < -0.4 is 0 Å². The Bertz CT molecular complexity index is 1300. The molecule has 2 unspecified atom stereocenters. The summed E-state index contributed by atoms with van der Waals surface area (Å²) in [7, 11) is 1.49. The molecule has 9 nitrogen and oxygen atoms in total. The lowest BCUT2D eigenvalue weighted by atomic mass is 10.0. The molecule has 10 heteroatoms. The van der Waals surface area contributed by atoms with Gasteiger partial charge in [-0.2, -0.15) is 0 Å². The van der Waals surface area contributed by atoms with Gasteiger partial charge in [0.15, 0.2) is 6.10 Å². The van der Waals surface area contributed by atoms with Gasteiger partial charge < -0.3 is 18.9 Å². The molecule has 458 valence electrons. The summed E-state index contributed by atoms with van der Waals surface area (Å²) in [6.07, 6.45) is 71.9. The molecule has 0 aromatic rings. The van der Waals surface area contributed by atoms with E-state index in [0.29, 0.717) is 23.9 Å². The molecule has 77 heavy (non-hydrogen) atoms. The van der Waals surface area contributed by atoms with Crippen molar-refractivity contribution < 1.29 is 42.1 Å². The fourth-order valence-corrected chi connectivity index (χ4v) is 11.1. The molecule has 2 atom stereocenters. The zero-order chi connectivity index (χ0) is 56.3. The van der Waals surface area contributed by atoms with E-state index in [1.165, 1.54) is 276 Å². The number of hydrogen-bond acceptors (Lipinski definition) is 7. The Morgan fingerprint density at radius 3 is 0.961 bits per heavy atom. The smallest absolute Gasteiger partial charge is 0.462 e. The Balaban J connectivity index is 3.89. The molecule has 0 amide bonds. The lowest BCUT2D eigenvalue weighted by molar-refractivity contribution is -0.870. The summed E-state index contributed by atoms with van der Waals surface area (Å²) in [5.41, 5.74) is 0. The lowest BCUT2D eigenvalue weighted by Crippen LogP contribution is -2.37. The molecular formula is C67H133NO8P+. The number of nitrogens with zero attached hydrogens (tertiary/aromatic N) is 1. The summed E-state index contributed by atoms with van der Waals surface area (Å²) >= 11 is 0. The first-order valence-corrected chi connectivity index (χ1v) is 35.4. The topological polar surface area (TPSA) is 108 Å². The SMILES string of the molecule is CCCCCCCC/C=C\CCCCCCCCCC(=O)OC(COC(=O)CCCCCCCCCCCCCCCCCCCCCCCCCCCCCCCCCCCCCC)COP(=O)(O)OCC[N+](C)(C)C. The van der Waals surface area contributed by atoms with Gasteiger partial charge in [0, 0.05) is 12.8 Å². The predicted molar refractivity (Wildman–Crippen MR) is 331 cm³/mol. The molecular weight excluding hydrogens is 978 g/mol. The Morgan fingerprint density at radius 2 is 0.662 bits per heavy atom. The minimum Gasteiger partial charge on any atom is -0.462 e. The van der Waals surface area contributed by atoms with Crippen molar-refractivity contribution in [3.05, 3.63) is 12.2 Å². The number of esters is 2. The molecule has 0 radical (unpaired) electrons. The molecule has 0 fully saturated rings. The summed E-state index contributed by atoms with van der Waals surface area (Å²) in [5.74, 6) is -0.782. The first kappa shape index (κ1) is 75.8. The van der Waals surface area contributed by atoms with Crippen molar-refractivity contribution in [2.75, 3.05) is 47.5 Å². The summed E-state index contributed by atoms with van der Waals surface area (Å²) in [4.78, 5) is 35.7. The number of allylic oxidation sites excluding steroid dienone is 2. The van der Waals surface area contributed by atoms with E-state index >= 15 is 0 Å². The maximum absolute atomic E-state index is 12.8. The maximum Gasteiger partial charge on any atom is 0.472 e. The second kappa shape index (κ2) is 59.4. The van der Waals surface area contributed by atoms with Crippen molar-refractivity contribution in [1.29, 1.82) is 0 Å². The molecule has 0 rings (SSSR count). The van der Waals surface area contributed by atoms with Crippen LogP contribution in [0.4, 0.5) is 0 Å². The number of unbranched alkanes of at least 4 members (excludes halogenated alkanes) is 48. The zero-order valence-corrected chi connectivity index (χ0v) is 53.1. The summed E-state index contributed by atoms with van der Waals surface area (Å²) in [6, 6.07) is 0. The standard InChI is InChI=1S/C67H132NO8P/c1-6-8-10-12-14-16-18-20-22-24-25-26-27-28-29-30-31-32-33-34-35-36-37-38-39-40-41-42-44-45-47-49-51-53-55-57-59-66(69)73-63-65(64-75-77(71,72)74-62-61-68(3,4)5)76-67(70)60-58-56-54-52-50-48-46-43-23-21-19-17-15-13-11-9-7-2/h21,23,65H,6-20,22,24-64H2,1-5H3/p+1/b23-21-. The number of ether oxygens (including phenoxy) is 2. The Kier molecular flexibility index (Phi) is 58.4. The van der Waals surface area contributed by atoms with E-state index in [-0.39, 0.29) is 25.6 Å². The van der Waals surface area contributed by atoms with Crippen LogP contribution in [0.15, 0.2) is 12.2 Å². The Morgan fingerprint density at radius 1 is 0.390 bits per heavy atom. The van der Waals surface area contributed by atoms with E-state index in [1.807, 2.05) is 21.1 Å². The number of likely N-dealkylation sites (N-methyl/N-ethyl adjacent to an activating group) is 1. The minimum atomic E-state index is -4.38. The molecule has 0 aliphatic rings. The number of hydrogen-bond donors (Lipinski definition) is 1. The van der Waals surface area contributed by atoms with Crippen molar-refractivity contribution >= 4 is 19.8 Å². The Labute approximate surface area is 479 Å². The highest BCUT2D eigenvalue weighted by molar-refractivity contribution is 7.47. The number of phosphoric ester groups is 1. The van der Waals surface area contributed by atoms with Gasteiger partial charge >= 0.3 is 19.8 Å². The normalized spacial score (nSPS) is 13.2. The Hall–Kier alpha value is -1.25. The lowest BCUT2D eigenvalue weighted by Gasteiger charge is -2.24. The quantitative estimate of drug-likeness (QED) is 0.0211. The van der Waals surface area contributed by atoms with Crippen LogP contribution in [0.1, 0.15) is 354 Å². The molecule has 0 aromatic heterocycles.